The Morgan fingerprint density at radius 1 is 1.04 bits per heavy atom. The summed E-state index contributed by atoms with van der Waals surface area (Å²) in [5, 5.41) is 14.2. The van der Waals surface area contributed by atoms with E-state index >= 15 is 0 Å². The van der Waals surface area contributed by atoms with Gasteiger partial charge in [0.1, 0.15) is 0 Å². The number of nitrogens with one attached hydrogen (secondary N) is 2. The Morgan fingerprint density at radius 3 is 2.52 bits per heavy atom. The first-order chi connectivity index (χ1) is 11.1. The zero-order valence-corrected chi connectivity index (χ0v) is 13.8. The van der Waals surface area contributed by atoms with Gasteiger partial charge in [0.2, 0.25) is 0 Å². The van der Waals surface area contributed by atoms with E-state index in [-0.39, 0.29) is 6.03 Å². The summed E-state index contributed by atoms with van der Waals surface area (Å²) in [6.45, 7) is 6.61. The fraction of sp³-hybridized carbons (Fsp3) is 0.278. The number of anilines is 1. The summed E-state index contributed by atoms with van der Waals surface area (Å²) in [5.74, 6) is 0. The van der Waals surface area contributed by atoms with E-state index in [1.807, 2.05) is 63.2 Å². The molecule has 0 unspecified atom stereocenters. The first-order valence-corrected chi connectivity index (χ1v) is 7.73. The van der Waals surface area contributed by atoms with Crippen LogP contribution in [0.15, 0.2) is 52.7 Å². The average molecular weight is 310 g/mol. The Labute approximate surface area is 136 Å². The molecule has 0 fully saturated rings. The molecule has 0 radical (unpaired) electrons. The largest absolute Gasteiger partial charge is 0.338 e. The lowest BCUT2D eigenvalue weighted by molar-refractivity contribution is 0.252. The van der Waals surface area contributed by atoms with Crippen molar-refractivity contribution in [3.8, 4) is 0 Å². The Bertz CT molecular complexity index is 710. The highest BCUT2D eigenvalue weighted by Crippen LogP contribution is 2.25. The minimum absolute atomic E-state index is 0.191. The van der Waals surface area contributed by atoms with Gasteiger partial charge in [0.15, 0.2) is 0 Å². The number of hydrogen-bond acceptors (Lipinski definition) is 3. The van der Waals surface area contributed by atoms with Crippen LogP contribution in [0.5, 0.6) is 0 Å². The molecule has 0 atom stereocenters. The summed E-state index contributed by atoms with van der Waals surface area (Å²) in [7, 11) is 0. The number of urea groups is 1. The van der Waals surface area contributed by atoms with Gasteiger partial charge in [-0.3, -0.25) is 0 Å². The lowest BCUT2D eigenvalue weighted by Crippen LogP contribution is -2.29. The van der Waals surface area contributed by atoms with Crippen molar-refractivity contribution >= 4 is 23.1 Å². The maximum absolute atomic E-state index is 11.7. The summed E-state index contributed by atoms with van der Waals surface area (Å²) in [4.78, 5) is 11.7. The Morgan fingerprint density at radius 2 is 1.83 bits per heavy atom. The molecule has 2 N–H and O–H groups in total. The molecule has 0 aliphatic heterocycles. The van der Waals surface area contributed by atoms with E-state index in [1.165, 1.54) is 0 Å². The van der Waals surface area contributed by atoms with Gasteiger partial charge < -0.3 is 10.6 Å². The molecule has 2 amide bonds. The molecule has 0 saturated carbocycles. The Hall–Kier alpha value is -2.69. The number of benzene rings is 2. The molecule has 5 heteroatoms. The number of amides is 2. The van der Waals surface area contributed by atoms with Gasteiger partial charge in [0.05, 0.1) is 11.4 Å². The summed E-state index contributed by atoms with van der Waals surface area (Å²) < 4.78 is 0. The zero-order valence-electron chi connectivity index (χ0n) is 13.8. The topological polar surface area (TPSA) is 65.8 Å². The average Bonchev–Trinajstić information content (AvgIpc) is 2.54. The van der Waals surface area contributed by atoms with Crippen LogP contribution < -0.4 is 10.6 Å². The predicted molar refractivity (Wildman–Crippen MR) is 93.8 cm³/mol. The number of carbonyl (C=O) groups excluding carboxylic acids is 1. The quantitative estimate of drug-likeness (QED) is 0.728. The zero-order chi connectivity index (χ0) is 16.7. The molecule has 0 bridgehead atoms. The van der Waals surface area contributed by atoms with Gasteiger partial charge >= 0.3 is 6.03 Å². The lowest BCUT2D eigenvalue weighted by atomic mass is 10.2. The van der Waals surface area contributed by atoms with E-state index in [1.54, 1.807) is 0 Å². The fourth-order valence-electron chi connectivity index (χ4n) is 2.04. The van der Waals surface area contributed by atoms with Crippen molar-refractivity contribution in [2.75, 3.05) is 11.9 Å². The van der Waals surface area contributed by atoms with E-state index < -0.39 is 0 Å². The molecule has 0 aromatic heterocycles. The predicted octanol–water partition coefficient (Wildman–Crippen LogP) is 5.25. The monoisotopic (exact) mass is 310 g/mol. The van der Waals surface area contributed by atoms with Crippen molar-refractivity contribution in [1.29, 1.82) is 0 Å². The SMILES string of the molecule is CCCNC(=O)Nc1ccc(N=Nc2ccccc2C)cc1C. The van der Waals surface area contributed by atoms with Crippen molar-refractivity contribution in [3.05, 3.63) is 53.6 Å². The number of carbonyl (C=O) groups is 1. The molecule has 2 aromatic rings. The van der Waals surface area contributed by atoms with Gasteiger partial charge in [0, 0.05) is 12.2 Å². The Kier molecular flexibility index (Phi) is 5.86. The third-order valence-corrected chi connectivity index (χ3v) is 3.38. The summed E-state index contributed by atoms with van der Waals surface area (Å²) in [6.07, 6.45) is 0.907. The smallest absolute Gasteiger partial charge is 0.319 e. The van der Waals surface area contributed by atoms with Crippen LogP contribution in [0.25, 0.3) is 0 Å². The molecule has 0 aliphatic carbocycles. The van der Waals surface area contributed by atoms with E-state index in [0.29, 0.717) is 6.54 Å². The molecule has 0 saturated heterocycles. The number of azo groups is 1. The maximum Gasteiger partial charge on any atom is 0.319 e. The van der Waals surface area contributed by atoms with Gasteiger partial charge in [-0.15, -0.1) is 0 Å². The van der Waals surface area contributed by atoms with Crippen LogP contribution in [0.2, 0.25) is 0 Å². The minimum Gasteiger partial charge on any atom is -0.338 e. The highest BCUT2D eigenvalue weighted by atomic mass is 16.2. The second-order valence-corrected chi connectivity index (χ2v) is 5.37. The van der Waals surface area contributed by atoms with Gasteiger partial charge in [0.25, 0.3) is 0 Å². The fourth-order valence-corrected chi connectivity index (χ4v) is 2.04. The van der Waals surface area contributed by atoms with Crippen LogP contribution in [0, 0.1) is 13.8 Å². The van der Waals surface area contributed by atoms with Gasteiger partial charge in [-0.05, 0) is 55.7 Å². The van der Waals surface area contributed by atoms with Crippen molar-refractivity contribution < 1.29 is 4.79 Å². The van der Waals surface area contributed by atoms with Crippen LogP contribution in [-0.2, 0) is 0 Å². The number of nitrogens with zero attached hydrogens (tertiary/aromatic N) is 2. The molecule has 2 aromatic carbocycles. The molecule has 0 heterocycles. The van der Waals surface area contributed by atoms with Gasteiger partial charge in [-0.2, -0.15) is 10.2 Å². The van der Waals surface area contributed by atoms with Crippen molar-refractivity contribution in [3.63, 3.8) is 0 Å². The second-order valence-electron chi connectivity index (χ2n) is 5.37. The molecule has 2 rings (SSSR count). The number of rotatable bonds is 5. The van der Waals surface area contributed by atoms with Crippen molar-refractivity contribution in [1.82, 2.24) is 5.32 Å². The van der Waals surface area contributed by atoms with Crippen LogP contribution >= 0.6 is 0 Å². The molecule has 5 nitrogen and oxygen atoms in total. The summed E-state index contributed by atoms with van der Waals surface area (Å²) in [6, 6.07) is 13.2. The highest BCUT2D eigenvalue weighted by molar-refractivity contribution is 5.90. The normalized spacial score (nSPS) is 10.7. The standard InChI is InChI=1S/C18H22N4O/c1-4-11-19-18(23)20-16-10-9-15(12-14(16)3)21-22-17-8-6-5-7-13(17)2/h5-10,12H,4,11H2,1-3H3,(H2,19,20,23). The van der Waals surface area contributed by atoms with E-state index in [9.17, 15) is 4.79 Å². The van der Waals surface area contributed by atoms with Crippen LogP contribution in [-0.4, -0.2) is 12.6 Å². The molecular formula is C18H22N4O. The number of aryl methyl sites for hydroxylation is 2. The van der Waals surface area contributed by atoms with Gasteiger partial charge in [-0.25, -0.2) is 4.79 Å². The summed E-state index contributed by atoms with van der Waals surface area (Å²) in [5.41, 5.74) is 4.40. The number of hydrogen-bond donors (Lipinski definition) is 2. The van der Waals surface area contributed by atoms with Crippen LogP contribution in [0.3, 0.4) is 0 Å². The second kappa shape index (κ2) is 8.08. The maximum atomic E-state index is 11.7. The first-order valence-electron chi connectivity index (χ1n) is 7.73. The van der Waals surface area contributed by atoms with Crippen molar-refractivity contribution in [2.45, 2.75) is 27.2 Å². The highest BCUT2D eigenvalue weighted by Gasteiger charge is 2.04. The van der Waals surface area contributed by atoms with E-state index in [4.69, 9.17) is 0 Å². The molecular weight excluding hydrogens is 288 g/mol. The van der Waals surface area contributed by atoms with Crippen LogP contribution in [0.1, 0.15) is 24.5 Å². The van der Waals surface area contributed by atoms with Crippen molar-refractivity contribution in [2.24, 2.45) is 10.2 Å². The molecule has 0 spiro atoms. The lowest BCUT2D eigenvalue weighted by Gasteiger charge is -2.09. The molecule has 120 valence electrons. The Balaban J connectivity index is 2.07. The van der Waals surface area contributed by atoms with E-state index in [2.05, 4.69) is 20.9 Å². The van der Waals surface area contributed by atoms with Crippen LogP contribution in [0.4, 0.5) is 21.9 Å². The van der Waals surface area contributed by atoms with E-state index in [0.717, 1.165) is 34.6 Å². The van der Waals surface area contributed by atoms with Gasteiger partial charge in [-0.1, -0.05) is 25.1 Å². The third kappa shape index (κ3) is 4.92. The molecule has 0 aliphatic rings. The third-order valence-electron chi connectivity index (χ3n) is 3.38. The minimum atomic E-state index is -0.191. The summed E-state index contributed by atoms with van der Waals surface area (Å²) >= 11 is 0. The molecule has 23 heavy (non-hydrogen) atoms. The first kappa shape index (κ1) is 16.7.